The monoisotopic (exact) mass is 352 g/mol. The van der Waals surface area contributed by atoms with Crippen molar-refractivity contribution in [2.75, 3.05) is 5.32 Å². The van der Waals surface area contributed by atoms with E-state index in [0.717, 1.165) is 16.8 Å². The van der Waals surface area contributed by atoms with Crippen molar-refractivity contribution in [3.63, 3.8) is 0 Å². The molecule has 0 aliphatic heterocycles. The van der Waals surface area contributed by atoms with Crippen molar-refractivity contribution in [2.45, 2.75) is 53.0 Å². The van der Waals surface area contributed by atoms with Crippen LogP contribution in [0.15, 0.2) is 42.5 Å². The van der Waals surface area contributed by atoms with Crippen LogP contribution in [0.3, 0.4) is 0 Å². The third-order valence-corrected chi connectivity index (χ3v) is 4.53. The Morgan fingerprint density at radius 1 is 0.923 bits per heavy atom. The van der Waals surface area contributed by atoms with Gasteiger partial charge in [-0.25, -0.2) is 0 Å². The van der Waals surface area contributed by atoms with Gasteiger partial charge in [-0.05, 0) is 67.1 Å². The van der Waals surface area contributed by atoms with Gasteiger partial charge < -0.3 is 10.6 Å². The third kappa shape index (κ3) is 4.94. The highest BCUT2D eigenvalue weighted by Crippen LogP contribution is 2.22. The molecular formula is C22H28N2O2. The van der Waals surface area contributed by atoms with Crippen LogP contribution in [0.5, 0.6) is 0 Å². The summed E-state index contributed by atoms with van der Waals surface area (Å²) in [7, 11) is 0. The third-order valence-electron chi connectivity index (χ3n) is 4.53. The molecule has 0 aromatic heterocycles. The van der Waals surface area contributed by atoms with Crippen molar-refractivity contribution in [1.29, 1.82) is 0 Å². The van der Waals surface area contributed by atoms with Crippen molar-refractivity contribution in [3.8, 4) is 0 Å². The Kier molecular flexibility index (Phi) is 5.86. The molecule has 0 fully saturated rings. The first-order chi connectivity index (χ1) is 12.1. The number of hydrogen-bond acceptors (Lipinski definition) is 2. The Bertz CT molecular complexity index is 802. The number of rotatable bonds is 4. The average molecular weight is 352 g/mol. The number of aryl methyl sites for hydroxylation is 2. The highest BCUT2D eigenvalue weighted by Gasteiger charge is 2.18. The van der Waals surface area contributed by atoms with Gasteiger partial charge in [0.25, 0.3) is 5.91 Å². The molecular weight excluding hydrogens is 324 g/mol. The Balaban J connectivity index is 1.99. The predicted octanol–water partition coefficient (Wildman–Crippen LogP) is 4.36. The highest BCUT2D eigenvalue weighted by molar-refractivity contribution is 6.01. The number of carbonyl (C=O) groups is 2. The van der Waals surface area contributed by atoms with E-state index in [2.05, 4.69) is 31.4 Å². The molecule has 0 aliphatic rings. The van der Waals surface area contributed by atoms with Gasteiger partial charge >= 0.3 is 0 Å². The maximum absolute atomic E-state index is 12.4. The first kappa shape index (κ1) is 19.7. The molecule has 0 saturated carbocycles. The number of anilines is 1. The fourth-order valence-electron chi connectivity index (χ4n) is 2.54. The molecule has 0 saturated heterocycles. The molecule has 1 unspecified atom stereocenters. The minimum absolute atomic E-state index is 0.0361. The molecule has 2 aromatic carbocycles. The van der Waals surface area contributed by atoms with Gasteiger partial charge in [0, 0.05) is 11.3 Å². The second-order valence-corrected chi connectivity index (χ2v) is 7.81. The molecule has 0 bridgehead atoms. The molecule has 1 atom stereocenters. The molecule has 138 valence electrons. The maximum Gasteiger partial charge on any atom is 0.251 e. The summed E-state index contributed by atoms with van der Waals surface area (Å²) in [6, 6.07) is 12.6. The van der Waals surface area contributed by atoms with Crippen LogP contribution in [0.25, 0.3) is 0 Å². The van der Waals surface area contributed by atoms with Crippen LogP contribution in [0, 0.1) is 13.8 Å². The first-order valence-electron chi connectivity index (χ1n) is 8.87. The number of benzene rings is 2. The van der Waals surface area contributed by atoms with Gasteiger partial charge in [-0.3, -0.25) is 9.59 Å². The Morgan fingerprint density at radius 2 is 1.54 bits per heavy atom. The van der Waals surface area contributed by atoms with Gasteiger partial charge in [0.15, 0.2) is 0 Å². The summed E-state index contributed by atoms with van der Waals surface area (Å²) in [4.78, 5) is 24.7. The minimum Gasteiger partial charge on any atom is -0.341 e. The second-order valence-electron chi connectivity index (χ2n) is 7.81. The summed E-state index contributed by atoms with van der Waals surface area (Å²) in [5, 5.41) is 5.59. The molecule has 2 aromatic rings. The van der Waals surface area contributed by atoms with E-state index in [1.54, 1.807) is 19.1 Å². The van der Waals surface area contributed by atoms with Crippen molar-refractivity contribution in [3.05, 3.63) is 64.7 Å². The Labute approximate surface area is 156 Å². The van der Waals surface area contributed by atoms with Crippen LogP contribution in [0.2, 0.25) is 0 Å². The molecule has 26 heavy (non-hydrogen) atoms. The lowest BCUT2D eigenvalue weighted by molar-refractivity contribution is -0.117. The lowest BCUT2D eigenvalue weighted by atomic mass is 9.86. The summed E-state index contributed by atoms with van der Waals surface area (Å²) in [6.45, 7) is 12.1. The van der Waals surface area contributed by atoms with E-state index < -0.39 is 6.04 Å². The van der Waals surface area contributed by atoms with Crippen LogP contribution < -0.4 is 10.6 Å². The fourth-order valence-corrected chi connectivity index (χ4v) is 2.54. The van der Waals surface area contributed by atoms with E-state index in [9.17, 15) is 9.59 Å². The van der Waals surface area contributed by atoms with Gasteiger partial charge in [-0.2, -0.15) is 0 Å². The van der Waals surface area contributed by atoms with E-state index >= 15 is 0 Å². The summed E-state index contributed by atoms with van der Waals surface area (Å²) in [5.74, 6) is -0.499. The van der Waals surface area contributed by atoms with Crippen LogP contribution in [-0.2, 0) is 10.2 Å². The van der Waals surface area contributed by atoms with E-state index in [1.807, 2.05) is 44.2 Å². The molecule has 2 N–H and O–H groups in total. The molecule has 0 aliphatic carbocycles. The standard InChI is InChI=1S/C22H28N2O2/c1-14-7-12-19(13-15(14)2)24-20(25)16(3)23-21(26)17-8-10-18(11-9-17)22(4,5)6/h7-13,16H,1-6H3,(H,23,26)(H,24,25). The van der Waals surface area contributed by atoms with Gasteiger partial charge in [-0.1, -0.05) is 39.0 Å². The minimum atomic E-state index is -0.633. The SMILES string of the molecule is Cc1ccc(NC(=O)C(C)NC(=O)c2ccc(C(C)(C)C)cc2)cc1C. The summed E-state index contributed by atoms with van der Waals surface area (Å²) in [5.41, 5.74) is 4.75. The smallest absolute Gasteiger partial charge is 0.251 e. The van der Waals surface area contributed by atoms with Crippen LogP contribution in [-0.4, -0.2) is 17.9 Å². The van der Waals surface area contributed by atoms with Gasteiger partial charge in [0.05, 0.1) is 0 Å². The van der Waals surface area contributed by atoms with E-state index in [0.29, 0.717) is 5.56 Å². The molecule has 2 rings (SSSR count). The highest BCUT2D eigenvalue weighted by atomic mass is 16.2. The molecule has 0 heterocycles. The number of hydrogen-bond donors (Lipinski definition) is 2. The van der Waals surface area contributed by atoms with Crippen LogP contribution >= 0.6 is 0 Å². The zero-order valence-corrected chi connectivity index (χ0v) is 16.4. The topological polar surface area (TPSA) is 58.2 Å². The zero-order chi connectivity index (χ0) is 19.5. The van der Waals surface area contributed by atoms with E-state index in [4.69, 9.17) is 0 Å². The summed E-state index contributed by atoms with van der Waals surface area (Å²) in [6.07, 6.45) is 0. The van der Waals surface area contributed by atoms with E-state index in [1.165, 1.54) is 5.56 Å². The van der Waals surface area contributed by atoms with Crippen LogP contribution in [0.1, 0.15) is 54.7 Å². The van der Waals surface area contributed by atoms with Gasteiger partial charge in [-0.15, -0.1) is 0 Å². The second kappa shape index (κ2) is 7.73. The molecule has 0 spiro atoms. The number of nitrogens with one attached hydrogen (secondary N) is 2. The Hall–Kier alpha value is -2.62. The molecule has 4 nitrogen and oxygen atoms in total. The summed E-state index contributed by atoms with van der Waals surface area (Å²) >= 11 is 0. The first-order valence-corrected chi connectivity index (χ1v) is 8.87. The lowest BCUT2D eigenvalue weighted by Gasteiger charge is -2.19. The molecule has 2 amide bonds. The van der Waals surface area contributed by atoms with Crippen molar-refractivity contribution in [1.82, 2.24) is 5.32 Å². The van der Waals surface area contributed by atoms with Crippen LogP contribution in [0.4, 0.5) is 5.69 Å². The zero-order valence-electron chi connectivity index (χ0n) is 16.4. The Morgan fingerprint density at radius 3 is 2.08 bits per heavy atom. The quantitative estimate of drug-likeness (QED) is 0.859. The van der Waals surface area contributed by atoms with E-state index in [-0.39, 0.29) is 17.2 Å². The fraction of sp³-hybridized carbons (Fsp3) is 0.364. The summed E-state index contributed by atoms with van der Waals surface area (Å²) < 4.78 is 0. The average Bonchev–Trinajstić information content (AvgIpc) is 2.57. The van der Waals surface area contributed by atoms with Gasteiger partial charge in [0.1, 0.15) is 6.04 Å². The van der Waals surface area contributed by atoms with Gasteiger partial charge in [0.2, 0.25) is 5.91 Å². The largest absolute Gasteiger partial charge is 0.341 e. The molecule has 4 heteroatoms. The van der Waals surface area contributed by atoms with Crippen molar-refractivity contribution in [2.24, 2.45) is 0 Å². The number of carbonyl (C=O) groups excluding carboxylic acids is 2. The van der Waals surface area contributed by atoms with Crippen molar-refractivity contribution < 1.29 is 9.59 Å². The molecule has 0 radical (unpaired) electrons. The van der Waals surface area contributed by atoms with Crippen molar-refractivity contribution >= 4 is 17.5 Å². The maximum atomic E-state index is 12.4. The normalized spacial score (nSPS) is 12.4. The lowest BCUT2D eigenvalue weighted by Crippen LogP contribution is -2.41. The predicted molar refractivity (Wildman–Crippen MR) is 107 cm³/mol. The number of amides is 2.